The van der Waals surface area contributed by atoms with Crippen molar-refractivity contribution in [3.8, 4) is 34.5 Å². The molecule has 0 bridgehead atoms. The van der Waals surface area contributed by atoms with E-state index in [0.29, 0.717) is 35.1 Å². The van der Waals surface area contributed by atoms with Crippen LogP contribution in [0.1, 0.15) is 43.9 Å². The predicted molar refractivity (Wildman–Crippen MR) is 174 cm³/mol. The van der Waals surface area contributed by atoms with Crippen molar-refractivity contribution in [1.82, 2.24) is 14.7 Å². The van der Waals surface area contributed by atoms with Gasteiger partial charge in [0.1, 0.15) is 23.1 Å². The molecule has 0 atom stereocenters. The first kappa shape index (κ1) is 31.0. The fraction of sp³-hybridized carbons (Fsp3) is 0.243. The van der Waals surface area contributed by atoms with E-state index in [-0.39, 0.29) is 17.7 Å². The Morgan fingerprint density at radius 1 is 0.978 bits per heavy atom. The third-order valence-corrected chi connectivity index (χ3v) is 7.79. The van der Waals surface area contributed by atoms with Crippen LogP contribution in [0.25, 0.3) is 23.0 Å². The summed E-state index contributed by atoms with van der Waals surface area (Å²) >= 11 is 0. The maximum atomic E-state index is 13.9. The highest BCUT2D eigenvalue weighted by Crippen LogP contribution is 2.33. The van der Waals surface area contributed by atoms with Gasteiger partial charge >= 0.3 is 0 Å². The Morgan fingerprint density at radius 2 is 1.71 bits per heavy atom. The van der Waals surface area contributed by atoms with Gasteiger partial charge in [-0.2, -0.15) is 10.4 Å². The summed E-state index contributed by atoms with van der Waals surface area (Å²) in [5, 5.41) is 14.9. The van der Waals surface area contributed by atoms with E-state index in [1.165, 1.54) is 0 Å². The van der Waals surface area contributed by atoms with Crippen molar-refractivity contribution >= 4 is 17.9 Å². The first-order chi connectivity index (χ1) is 21.7. The number of hydrogen-bond acceptors (Lipinski definition) is 6. The van der Waals surface area contributed by atoms with Gasteiger partial charge in [0.05, 0.1) is 31.6 Å². The van der Waals surface area contributed by atoms with Crippen LogP contribution in [0.4, 0.5) is 0 Å². The van der Waals surface area contributed by atoms with Crippen molar-refractivity contribution in [1.29, 1.82) is 5.26 Å². The molecular weight excluding hydrogens is 564 g/mol. The van der Waals surface area contributed by atoms with Crippen LogP contribution in [0.5, 0.6) is 11.5 Å². The Kier molecular flexibility index (Phi) is 9.29. The number of imide groups is 1. The minimum absolute atomic E-state index is 0.0189. The summed E-state index contributed by atoms with van der Waals surface area (Å²) in [5.41, 5.74) is 5.26. The molecule has 1 aromatic heterocycles. The number of carbonyl (C=O) groups excluding carboxylic acids is 2. The molecule has 8 nitrogen and oxygen atoms in total. The second-order valence-electron chi connectivity index (χ2n) is 11.4. The summed E-state index contributed by atoms with van der Waals surface area (Å²) in [6, 6.07) is 24.8. The molecule has 0 saturated carbocycles. The van der Waals surface area contributed by atoms with Gasteiger partial charge in [0.25, 0.3) is 11.8 Å². The second kappa shape index (κ2) is 13.5. The Balaban J connectivity index is 1.58. The average molecular weight is 601 g/mol. The molecule has 2 heterocycles. The number of aryl methyl sites for hydroxylation is 1. The molecule has 0 unspecified atom stereocenters. The number of nitrogens with zero attached hydrogens (tertiary/aromatic N) is 4. The standard InChI is InChI=1S/C37H36N4O4/c1-24(2)17-18-45-34-16-13-28(19-25(34)3)35-29(23-41(39-35)30-9-7-6-8-10-30)20-32-26(4)33(21-38)37(43)40(36(32)42)22-27-11-14-31(44-5)15-12-27/h6-16,19-20,23-24H,17-18,22H2,1-5H3/b32-20+. The molecule has 0 aliphatic carbocycles. The van der Waals surface area contributed by atoms with Crippen molar-refractivity contribution in [2.24, 2.45) is 5.92 Å². The quantitative estimate of drug-likeness (QED) is 0.143. The zero-order valence-corrected chi connectivity index (χ0v) is 26.2. The lowest BCUT2D eigenvalue weighted by atomic mass is 9.93. The Morgan fingerprint density at radius 3 is 2.36 bits per heavy atom. The lowest BCUT2D eigenvalue weighted by Crippen LogP contribution is -2.42. The third-order valence-electron chi connectivity index (χ3n) is 7.79. The number of carbonyl (C=O) groups is 2. The number of ether oxygens (including phenoxy) is 2. The number of para-hydroxylation sites is 1. The normalized spacial score (nSPS) is 14.3. The fourth-order valence-electron chi connectivity index (χ4n) is 5.14. The Hall–Kier alpha value is -5.42. The van der Waals surface area contributed by atoms with E-state index in [1.807, 2.05) is 67.7 Å². The highest BCUT2D eigenvalue weighted by Gasteiger charge is 2.35. The van der Waals surface area contributed by atoms with Crippen molar-refractivity contribution in [3.05, 3.63) is 112 Å². The van der Waals surface area contributed by atoms with Gasteiger partial charge in [0.2, 0.25) is 0 Å². The number of aromatic nitrogens is 2. The molecule has 0 saturated heterocycles. The number of rotatable bonds is 10. The molecule has 3 aromatic carbocycles. The minimum atomic E-state index is -0.614. The lowest BCUT2D eigenvalue weighted by molar-refractivity contribution is -0.141. The summed E-state index contributed by atoms with van der Waals surface area (Å²) in [6.45, 7) is 8.63. The van der Waals surface area contributed by atoms with Crippen molar-refractivity contribution in [3.63, 3.8) is 0 Å². The lowest BCUT2D eigenvalue weighted by Gasteiger charge is -2.27. The van der Waals surface area contributed by atoms with Crippen LogP contribution in [-0.4, -0.2) is 40.2 Å². The van der Waals surface area contributed by atoms with Gasteiger partial charge in [0, 0.05) is 22.9 Å². The monoisotopic (exact) mass is 600 g/mol. The van der Waals surface area contributed by atoms with E-state index in [1.54, 1.807) is 49.1 Å². The molecule has 8 heteroatoms. The van der Waals surface area contributed by atoms with Crippen LogP contribution in [0.2, 0.25) is 0 Å². The smallest absolute Gasteiger partial charge is 0.271 e. The van der Waals surface area contributed by atoms with Gasteiger partial charge < -0.3 is 9.47 Å². The first-order valence-corrected chi connectivity index (χ1v) is 14.9. The molecule has 0 radical (unpaired) electrons. The number of methoxy groups -OCH3 is 1. The number of nitriles is 1. The maximum absolute atomic E-state index is 13.9. The zero-order chi connectivity index (χ0) is 32.1. The summed E-state index contributed by atoms with van der Waals surface area (Å²) in [5.74, 6) is 0.936. The molecular formula is C37H36N4O4. The summed E-state index contributed by atoms with van der Waals surface area (Å²) < 4.78 is 13.0. The molecule has 2 amide bonds. The van der Waals surface area contributed by atoms with Crippen molar-refractivity contribution in [2.45, 2.75) is 40.7 Å². The fourth-order valence-corrected chi connectivity index (χ4v) is 5.14. The van der Waals surface area contributed by atoms with Crippen LogP contribution in [0.15, 0.2) is 95.7 Å². The summed E-state index contributed by atoms with van der Waals surface area (Å²) in [7, 11) is 1.57. The van der Waals surface area contributed by atoms with Crippen LogP contribution in [0, 0.1) is 24.2 Å². The third kappa shape index (κ3) is 6.73. The predicted octanol–water partition coefficient (Wildman–Crippen LogP) is 7.07. The largest absolute Gasteiger partial charge is 0.497 e. The van der Waals surface area contributed by atoms with E-state index in [9.17, 15) is 14.9 Å². The van der Waals surface area contributed by atoms with Crippen LogP contribution < -0.4 is 9.47 Å². The van der Waals surface area contributed by atoms with Crippen LogP contribution in [0.3, 0.4) is 0 Å². The molecule has 0 N–H and O–H groups in total. The zero-order valence-electron chi connectivity index (χ0n) is 26.2. The molecule has 1 aliphatic heterocycles. The molecule has 5 rings (SSSR count). The average Bonchev–Trinajstić information content (AvgIpc) is 3.47. The summed E-state index contributed by atoms with van der Waals surface area (Å²) in [6.07, 6.45) is 4.55. The van der Waals surface area contributed by atoms with Gasteiger partial charge in [-0.1, -0.05) is 44.2 Å². The van der Waals surface area contributed by atoms with E-state index in [4.69, 9.17) is 14.6 Å². The van der Waals surface area contributed by atoms with Gasteiger partial charge in [-0.25, -0.2) is 4.68 Å². The van der Waals surface area contributed by atoms with E-state index < -0.39 is 11.8 Å². The van der Waals surface area contributed by atoms with Crippen molar-refractivity contribution < 1.29 is 19.1 Å². The molecule has 0 spiro atoms. The molecule has 0 fully saturated rings. The van der Waals surface area contributed by atoms with Gasteiger partial charge in [-0.3, -0.25) is 14.5 Å². The van der Waals surface area contributed by atoms with Gasteiger partial charge in [-0.05, 0) is 91.4 Å². The highest BCUT2D eigenvalue weighted by molar-refractivity contribution is 6.19. The molecule has 1 aliphatic rings. The van der Waals surface area contributed by atoms with Crippen LogP contribution >= 0.6 is 0 Å². The first-order valence-electron chi connectivity index (χ1n) is 14.9. The summed E-state index contributed by atoms with van der Waals surface area (Å²) in [4.78, 5) is 28.4. The Labute approximate surface area is 263 Å². The van der Waals surface area contributed by atoms with E-state index >= 15 is 0 Å². The SMILES string of the molecule is COc1ccc(CN2C(=O)C(C#N)=C(C)/C(=C\c3cn(-c4ccccc4)nc3-c3ccc(OCCC(C)C)c(C)c3)C2=O)cc1. The maximum Gasteiger partial charge on any atom is 0.271 e. The molecule has 45 heavy (non-hydrogen) atoms. The number of hydrogen-bond donors (Lipinski definition) is 0. The highest BCUT2D eigenvalue weighted by atomic mass is 16.5. The van der Waals surface area contributed by atoms with Crippen molar-refractivity contribution in [2.75, 3.05) is 13.7 Å². The number of amides is 2. The molecule has 228 valence electrons. The second-order valence-corrected chi connectivity index (χ2v) is 11.4. The molecule has 4 aromatic rings. The van der Waals surface area contributed by atoms with E-state index in [2.05, 4.69) is 13.8 Å². The van der Waals surface area contributed by atoms with Gasteiger partial charge in [0.15, 0.2) is 0 Å². The minimum Gasteiger partial charge on any atom is -0.497 e. The van der Waals surface area contributed by atoms with E-state index in [0.717, 1.165) is 39.4 Å². The van der Waals surface area contributed by atoms with Crippen LogP contribution in [-0.2, 0) is 16.1 Å². The number of benzene rings is 3. The Bertz CT molecular complexity index is 1830. The topological polar surface area (TPSA) is 97.5 Å². The van der Waals surface area contributed by atoms with Gasteiger partial charge in [-0.15, -0.1) is 0 Å².